The molecule has 0 aromatic heterocycles. The van der Waals surface area contributed by atoms with Crippen LogP contribution < -0.4 is 15.4 Å². The summed E-state index contributed by atoms with van der Waals surface area (Å²) in [6, 6.07) is 19.0. The van der Waals surface area contributed by atoms with Crippen LogP contribution in [0.2, 0.25) is 0 Å². The second-order valence-electron chi connectivity index (χ2n) is 5.92. The summed E-state index contributed by atoms with van der Waals surface area (Å²) in [7, 11) is -1.77. The van der Waals surface area contributed by atoms with Crippen molar-refractivity contribution < 1.29 is 22.2 Å². The molecule has 29 heavy (non-hydrogen) atoms. The number of rotatable bonds is 5. The highest BCUT2D eigenvalue weighted by Gasteiger charge is 2.30. The Morgan fingerprint density at radius 2 is 1.34 bits per heavy atom. The molecule has 0 saturated heterocycles. The Balaban J connectivity index is 1.61. The SMILES string of the molecule is O=C(Nc1ccccc1)Nc1ccc(S(=O)Nc2cccc(C(F)(F)F)c2)cc1. The first-order chi connectivity index (χ1) is 13.8. The molecule has 0 radical (unpaired) electrons. The van der Waals surface area contributed by atoms with Crippen molar-refractivity contribution in [2.75, 3.05) is 15.4 Å². The Kier molecular flexibility index (Phi) is 6.18. The van der Waals surface area contributed by atoms with Gasteiger partial charge < -0.3 is 15.4 Å². The molecule has 5 nitrogen and oxygen atoms in total. The molecule has 0 bridgehead atoms. The lowest BCUT2D eigenvalue weighted by Gasteiger charge is -2.11. The van der Waals surface area contributed by atoms with E-state index in [4.69, 9.17) is 0 Å². The smallest absolute Gasteiger partial charge is 0.308 e. The Labute approximate surface area is 167 Å². The lowest BCUT2D eigenvalue weighted by Crippen LogP contribution is -2.19. The minimum atomic E-state index is -4.48. The van der Waals surface area contributed by atoms with Gasteiger partial charge in [-0.3, -0.25) is 0 Å². The minimum absolute atomic E-state index is 0.0857. The molecule has 3 aromatic rings. The van der Waals surface area contributed by atoms with Crippen LogP contribution >= 0.6 is 0 Å². The minimum Gasteiger partial charge on any atom is -0.308 e. The zero-order valence-corrected chi connectivity index (χ0v) is 15.7. The average Bonchev–Trinajstić information content (AvgIpc) is 2.69. The van der Waals surface area contributed by atoms with Crippen LogP contribution in [0.4, 0.5) is 35.0 Å². The molecule has 9 heteroatoms. The number of halogens is 3. The Morgan fingerprint density at radius 1 is 0.759 bits per heavy atom. The number of benzene rings is 3. The lowest BCUT2D eigenvalue weighted by atomic mass is 10.2. The van der Waals surface area contributed by atoms with Crippen molar-refractivity contribution >= 4 is 34.1 Å². The standard InChI is InChI=1S/C20H16F3N3O2S/c21-20(22,23)14-5-4-8-17(13-14)26-29(28)18-11-9-16(10-12-18)25-19(27)24-15-6-2-1-3-7-15/h1-13,26H,(H2,24,25,27). The van der Waals surface area contributed by atoms with Crippen LogP contribution in [-0.4, -0.2) is 10.2 Å². The van der Waals surface area contributed by atoms with E-state index in [0.29, 0.717) is 16.3 Å². The number of hydrogen-bond acceptors (Lipinski definition) is 2. The van der Waals surface area contributed by atoms with Crippen molar-refractivity contribution in [3.63, 3.8) is 0 Å². The maximum Gasteiger partial charge on any atom is 0.416 e. The van der Waals surface area contributed by atoms with Crippen LogP contribution in [0.5, 0.6) is 0 Å². The summed E-state index contributed by atoms with van der Waals surface area (Å²) in [4.78, 5) is 12.3. The molecule has 3 N–H and O–H groups in total. The van der Waals surface area contributed by atoms with Crippen LogP contribution in [0.25, 0.3) is 0 Å². The van der Waals surface area contributed by atoms with Gasteiger partial charge in [0.05, 0.1) is 10.5 Å². The van der Waals surface area contributed by atoms with E-state index in [-0.39, 0.29) is 5.69 Å². The molecule has 1 unspecified atom stereocenters. The van der Waals surface area contributed by atoms with Gasteiger partial charge in [0.25, 0.3) is 0 Å². The Morgan fingerprint density at radius 3 is 1.97 bits per heavy atom. The van der Waals surface area contributed by atoms with Gasteiger partial charge in [-0.1, -0.05) is 24.3 Å². The number of para-hydroxylation sites is 1. The van der Waals surface area contributed by atoms with Gasteiger partial charge in [-0.15, -0.1) is 0 Å². The van der Waals surface area contributed by atoms with Crippen LogP contribution in [0.15, 0.2) is 83.8 Å². The fourth-order valence-corrected chi connectivity index (χ4v) is 3.24. The van der Waals surface area contributed by atoms with Crippen LogP contribution in [0.1, 0.15) is 5.56 Å². The summed E-state index contributed by atoms with van der Waals surface area (Å²) in [5.74, 6) is 0. The fraction of sp³-hybridized carbons (Fsp3) is 0.0500. The Hall–Kier alpha value is -3.33. The number of nitrogens with one attached hydrogen (secondary N) is 3. The summed E-state index contributed by atoms with van der Waals surface area (Å²) in [5.41, 5.74) is 0.359. The number of carbonyl (C=O) groups is 1. The molecule has 2 amide bonds. The molecule has 0 fully saturated rings. The monoisotopic (exact) mass is 419 g/mol. The molecule has 1 atom stereocenters. The summed E-state index contributed by atoms with van der Waals surface area (Å²) >= 11 is 0. The first-order valence-electron chi connectivity index (χ1n) is 8.40. The zero-order valence-electron chi connectivity index (χ0n) is 14.9. The first kappa shape index (κ1) is 20.4. The molecular weight excluding hydrogens is 403 g/mol. The van der Waals surface area contributed by atoms with Crippen molar-refractivity contribution in [2.45, 2.75) is 11.1 Å². The topological polar surface area (TPSA) is 70.2 Å². The molecule has 0 saturated carbocycles. The number of carbonyl (C=O) groups excluding carboxylic acids is 1. The van der Waals surface area contributed by atoms with Crippen LogP contribution in [-0.2, 0) is 17.2 Å². The highest BCUT2D eigenvalue weighted by molar-refractivity contribution is 7.86. The van der Waals surface area contributed by atoms with Crippen LogP contribution in [0, 0.1) is 0 Å². The summed E-state index contributed by atoms with van der Waals surface area (Å²) in [5, 5.41) is 5.30. The molecule has 150 valence electrons. The van der Waals surface area contributed by atoms with Gasteiger partial charge in [-0.2, -0.15) is 13.2 Å². The highest BCUT2D eigenvalue weighted by atomic mass is 32.2. The predicted octanol–water partition coefficient (Wildman–Crippen LogP) is 5.48. The molecule has 0 aliphatic carbocycles. The van der Waals surface area contributed by atoms with Gasteiger partial charge in [0.2, 0.25) is 0 Å². The van der Waals surface area contributed by atoms with E-state index >= 15 is 0 Å². The third-order valence-electron chi connectivity index (χ3n) is 3.76. The molecule has 0 aliphatic rings. The predicted molar refractivity (Wildman–Crippen MR) is 107 cm³/mol. The van der Waals surface area contributed by atoms with Gasteiger partial charge in [-0.05, 0) is 54.6 Å². The van der Waals surface area contributed by atoms with Crippen molar-refractivity contribution in [2.24, 2.45) is 0 Å². The van der Waals surface area contributed by atoms with E-state index in [1.165, 1.54) is 24.3 Å². The average molecular weight is 419 g/mol. The van der Waals surface area contributed by atoms with E-state index in [9.17, 15) is 22.2 Å². The van der Waals surface area contributed by atoms with Crippen molar-refractivity contribution in [1.29, 1.82) is 0 Å². The van der Waals surface area contributed by atoms with E-state index in [0.717, 1.165) is 12.1 Å². The first-order valence-corrected chi connectivity index (χ1v) is 9.55. The molecule has 0 heterocycles. The second kappa shape index (κ2) is 8.78. The molecule has 3 aromatic carbocycles. The normalized spacial score (nSPS) is 12.1. The van der Waals surface area contributed by atoms with Crippen molar-refractivity contribution in [3.8, 4) is 0 Å². The lowest BCUT2D eigenvalue weighted by molar-refractivity contribution is -0.137. The van der Waals surface area contributed by atoms with Crippen molar-refractivity contribution in [1.82, 2.24) is 0 Å². The fourth-order valence-electron chi connectivity index (χ4n) is 2.40. The number of anilines is 3. The van der Waals surface area contributed by atoms with Crippen molar-refractivity contribution in [3.05, 3.63) is 84.4 Å². The van der Waals surface area contributed by atoms with E-state index in [2.05, 4.69) is 15.4 Å². The number of hydrogen-bond donors (Lipinski definition) is 3. The molecule has 0 spiro atoms. The maximum atomic E-state index is 12.8. The van der Waals surface area contributed by atoms with Gasteiger partial charge in [0, 0.05) is 17.1 Å². The quantitative estimate of drug-likeness (QED) is 0.512. The summed E-state index contributed by atoms with van der Waals surface area (Å²) in [6.07, 6.45) is -4.48. The molecule has 3 rings (SSSR count). The van der Waals surface area contributed by atoms with Gasteiger partial charge in [-0.25, -0.2) is 9.00 Å². The Bertz CT molecular complexity index is 1010. The molecule has 0 aliphatic heterocycles. The maximum absolute atomic E-state index is 12.8. The van der Waals surface area contributed by atoms with E-state index in [1.54, 1.807) is 36.4 Å². The number of alkyl halides is 3. The van der Waals surface area contributed by atoms with Crippen LogP contribution in [0.3, 0.4) is 0 Å². The zero-order chi connectivity index (χ0) is 20.9. The number of amides is 2. The number of urea groups is 1. The van der Waals surface area contributed by atoms with Gasteiger partial charge >= 0.3 is 12.2 Å². The largest absolute Gasteiger partial charge is 0.416 e. The third-order valence-corrected chi connectivity index (χ3v) is 4.88. The van der Waals surface area contributed by atoms with E-state index < -0.39 is 28.8 Å². The third kappa shape index (κ3) is 5.82. The van der Waals surface area contributed by atoms with Gasteiger partial charge in [0.15, 0.2) is 0 Å². The second-order valence-corrected chi connectivity index (χ2v) is 7.13. The summed E-state index contributed by atoms with van der Waals surface area (Å²) < 4.78 is 53.2. The molecular formula is C20H16F3N3O2S. The highest BCUT2D eigenvalue weighted by Crippen LogP contribution is 2.31. The van der Waals surface area contributed by atoms with Gasteiger partial charge in [0.1, 0.15) is 11.0 Å². The van der Waals surface area contributed by atoms with E-state index in [1.807, 2.05) is 6.07 Å². The summed E-state index contributed by atoms with van der Waals surface area (Å²) in [6.45, 7) is 0.